The van der Waals surface area contributed by atoms with Crippen LogP contribution in [0.5, 0.6) is 0 Å². The van der Waals surface area contributed by atoms with Crippen LogP contribution in [0.2, 0.25) is 0 Å². The summed E-state index contributed by atoms with van der Waals surface area (Å²) in [6.07, 6.45) is 0.576. The second-order valence-corrected chi connectivity index (χ2v) is 3.71. The summed E-state index contributed by atoms with van der Waals surface area (Å²) in [4.78, 5) is 13.4. The zero-order chi connectivity index (χ0) is 10.6. The second kappa shape index (κ2) is 4.91. The molecule has 1 aromatic rings. The molecule has 0 saturated heterocycles. The molecule has 0 heterocycles. The molecule has 0 bridgehead atoms. The number of ketones is 1. The maximum Gasteiger partial charge on any atom is 0.162 e. The Morgan fingerprint density at radius 2 is 1.79 bits per heavy atom. The van der Waals surface area contributed by atoms with E-state index in [2.05, 4.69) is 4.90 Å². The summed E-state index contributed by atoms with van der Waals surface area (Å²) in [7, 11) is 4.07. The summed E-state index contributed by atoms with van der Waals surface area (Å²) in [6, 6.07) is 7.85. The first-order chi connectivity index (χ1) is 6.63. The molecular weight excluding hydrogens is 174 g/mol. The summed E-state index contributed by atoms with van der Waals surface area (Å²) < 4.78 is 0. The predicted octanol–water partition coefficient (Wildman–Crippen LogP) is 2.34. The Kier molecular flexibility index (Phi) is 3.84. The van der Waals surface area contributed by atoms with Gasteiger partial charge in [-0.3, -0.25) is 4.79 Å². The maximum absolute atomic E-state index is 11.3. The van der Waals surface area contributed by atoms with Crippen LogP contribution in [0.4, 0.5) is 0 Å². The number of benzene rings is 1. The zero-order valence-corrected chi connectivity index (χ0v) is 9.08. The van der Waals surface area contributed by atoms with E-state index in [1.165, 1.54) is 5.56 Å². The minimum Gasteiger partial charge on any atom is -0.305 e. The smallest absolute Gasteiger partial charge is 0.162 e. The molecule has 0 aliphatic heterocycles. The lowest BCUT2D eigenvalue weighted by Gasteiger charge is -2.09. The fraction of sp³-hybridized carbons (Fsp3) is 0.417. The summed E-state index contributed by atoms with van der Waals surface area (Å²) in [6.45, 7) is 2.80. The lowest BCUT2D eigenvalue weighted by Crippen LogP contribution is -2.10. The molecule has 0 aromatic heterocycles. The SMILES string of the molecule is CCC(=O)c1ccc(CN(C)C)cc1. The molecule has 0 aliphatic carbocycles. The van der Waals surface area contributed by atoms with Crippen molar-refractivity contribution in [3.63, 3.8) is 0 Å². The van der Waals surface area contributed by atoms with Gasteiger partial charge in [0.25, 0.3) is 0 Å². The molecule has 2 heteroatoms. The van der Waals surface area contributed by atoms with Crippen molar-refractivity contribution in [3.05, 3.63) is 35.4 Å². The average Bonchev–Trinajstić information content (AvgIpc) is 2.17. The summed E-state index contributed by atoms with van der Waals surface area (Å²) in [5, 5.41) is 0. The van der Waals surface area contributed by atoms with Crippen LogP contribution in [0.25, 0.3) is 0 Å². The summed E-state index contributed by atoms with van der Waals surface area (Å²) in [5.74, 6) is 0.210. The molecule has 14 heavy (non-hydrogen) atoms. The van der Waals surface area contributed by atoms with E-state index >= 15 is 0 Å². The van der Waals surface area contributed by atoms with Gasteiger partial charge >= 0.3 is 0 Å². The van der Waals surface area contributed by atoms with Gasteiger partial charge in [0, 0.05) is 18.5 Å². The molecule has 0 atom stereocenters. The van der Waals surface area contributed by atoms with Crippen LogP contribution in [0, 0.1) is 0 Å². The molecule has 1 rings (SSSR count). The highest BCUT2D eigenvalue weighted by atomic mass is 16.1. The van der Waals surface area contributed by atoms with Crippen molar-refractivity contribution in [2.45, 2.75) is 19.9 Å². The Morgan fingerprint density at radius 1 is 1.21 bits per heavy atom. The number of hydrogen-bond acceptors (Lipinski definition) is 2. The third kappa shape index (κ3) is 2.96. The number of Topliss-reactive ketones (excluding diaryl/α,β-unsaturated/α-hetero) is 1. The monoisotopic (exact) mass is 191 g/mol. The van der Waals surface area contributed by atoms with Crippen molar-refractivity contribution >= 4 is 5.78 Å². The molecule has 0 spiro atoms. The number of carbonyl (C=O) groups excluding carboxylic acids is 1. The van der Waals surface area contributed by atoms with Crippen molar-refractivity contribution < 1.29 is 4.79 Å². The quantitative estimate of drug-likeness (QED) is 0.681. The normalized spacial score (nSPS) is 10.6. The van der Waals surface area contributed by atoms with Gasteiger partial charge in [0.15, 0.2) is 5.78 Å². The Labute approximate surface area is 85.5 Å². The van der Waals surface area contributed by atoms with Crippen LogP contribution >= 0.6 is 0 Å². The van der Waals surface area contributed by atoms with Gasteiger partial charge in [-0.25, -0.2) is 0 Å². The number of nitrogens with zero attached hydrogens (tertiary/aromatic N) is 1. The molecular formula is C12H17NO. The minimum atomic E-state index is 0.210. The first kappa shape index (κ1) is 10.9. The highest BCUT2D eigenvalue weighted by Crippen LogP contribution is 2.07. The van der Waals surface area contributed by atoms with E-state index in [9.17, 15) is 4.79 Å². The van der Waals surface area contributed by atoms with Crippen LogP contribution in [0.3, 0.4) is 0 Å². The topological polar surface area (TPSA) is 20.3 Å². The van der Waals surface area contributed by atoms with Gasteiger partial charge in [0.2, 0.25) is 0 Å². The standard InChI is InChI=1S/C12H17NO/c1-4-12(14)11-7-5-10(6-8-11)9-13(2)3/h5-8H,4,9H2,1-3H3. The second-order valence-electron chi connectivity index (χ2n) is 3.71. The lowest BCUT2D eigenvalue weighted by atomic mass is 10.1. The van der Waals surface area contributed by atoms with E-state index in [-0.39, 0.29) is 5.78 Å². The summed E-state index contributed by atoms with van der Waals surface area (Å²) in [5.41, 5.74) is 2.05. The molecule has 76 valence electrons. The third-order valence-electron chi connectivity index (χ3n) is 2.10. The predicted molar refractivity (Wildman–Crippen MR) is 58.5 cm³/mol. The molecule has 0 amide bonds. The van der Waals surface area contributed by atoms with Crippen LogP contribution in [-0.4, -0.2) is 24.8 Å². The highest BCUT2D eigenvalue weighted by Gasteiger charge is 2.02. The van der Waals surface area contributed by atoms with E-state index in [4.69, 9.17) is 0 Å². The Hall–Kier alpha value is -1.15. The van der Waals surface area contributed by atoms with Gasteiger partial charge in [0.05, 0.1) is 0 Å². The Bertz CT molecular complexity index is 301. The van der Waals surface area contributed by atoms with Crippen molar-refractivity contribution in [3.8, 4) is 0 Å². The van der Waals surface area contributed by atoms with Gasteiger partial charge in [-0.15, -0.1) is 0 Å². The fourth-order valence-corrected chi connectivity index (χ4v) is 1.37. The first-order valence-corrected chi connectivity index (χ1v) is 4.90. The molecule has 0 radical (unpaired) electrons. The average molecular weight is 191 g/mol. The van der Waals surface area contributed by atoms with Crippen molar-refractivity contribution in [1.82, 2.24) is 4.90 Å². The largest absolute Gasteiger partial charge is 0.305 e. The van der Waals surface area contributed by atoms with E-state index < -0.39 is 0 Å². The Balaban J connectivity index is 2.73. The van der Waals surface area contributed by atoms with Crippen LogP contribution in [0.15, 0.2) is 24.3 Å². The fourth-order valence-electron chi connectivity index (χ4n) is 1.37. The first-order valence-electron chi connectivity index (χ1n) is 4.90. The molecule has 0 aliphatic rings. The minimum absolute atomic E-state index is 0.210. The number of hydrogen-bond donors (Lipinski definition) is 0. The van der Waals surface area contributed by atoms with E-state index in [0.29, 0.717) is 6.42 Å². The lowest BCUT2D eigenvalue weighted by molar-refractivity contribution is 0.0988. The van der Waals surface area contributed by atoms with E-state index in [1.807, 2.05) is 45.3 Å². The highest BCUT2D eigenvalue weighted by molar-refractivity contribution is 5.95. The molecule has 0 N–H and O–H groups in total. The van der Waals surface area contributed by atoms with Gasteiger partial charge in [0.1, 0.15) is 0 Å². The Morgan fingerprint density at radius 3 is 2.21 bits per heavy atom. The summed E-state index contributed by atoms with van der Waals surface area (Å²) >= 11 is 0. The van der Waals surface area contributed by atoms with Crippen molar-refractivity contribution in [2.24, 2.45) is 0 Å². The van der Waals surface area contributed by atoms with Gasteiger partial charge in [-0.05, 0) is 19.7 Å². The van der Waals surface area contributed by atoms with Crippen LogP contribution in [-0.2, 0) is 6.54 Å². The van der Waals surface area contributed by atoms with Gasteiger partial charge < -0.3 is 4.90 Å². The zero-order valence-electron chi connectivity index (χ0n) is 9.08. The van der Waals surface area contributed by atoms with Crippen molar-refractivity contribution in [1.29, 1.82) is 0 Å². The molecule has 0 fully saturated rings. The molecule has 0 unspecified atom stereocenters. The van der Waals surface area contributed by atoms with E-state index in [0.717, 1.165) is 12.1 Å². The van der Waals surface area contributed by atoms with Crippen LogP contribution < -0.4 is 0 Å². The van der Waals surface area contributed by atoms with Gasteiger partial charge in [-0.2, -0.15) is 0 Å². The van der Waals surface area contributed by atoms with Crippen molar-refractivity contribution in [2.75, 3.05) is 14.1 Å². The van der Waals surface area contributed by atoms with Gasteiger partial charge in [-0.1, -0.05) is 31.2 Å². The molecule has 1 aromatic carbocycles. The molecule has 0 saturated carbocycles. The maximum atomic E-state index is 11.3. The van der Waals surface area contributed by atoms with E-state index in [1.54, 1.807) is 0 Å². The number of carbonyl (C=O) groups is 1. The van der Waals surface area contributed by atoms with Crippen LogP contribution in [0.1, 0.15) is 29.3 Å². The molecule has 2 nitrogen and oxygen atoms in total. The number of rotatable bonds is 4. The third-order valence-corrected chi connectivity index (χ3v) is 2.10.